The molecule has 0 spiro atoms. The summed E-state index contributed by atoms with van der Waals surface area (Å²) in [6.45, 7) is 4.80. The van der Waals surface area contributed by atoms with Crippen molar-refractivity contribution in [1.29, 1.82) is 0 Å². The molecule has 1 aliphatic carbocycles. The Morgan fingerprint density at radius 3 is 2.85 bits per heavy atom. The van der Waals surface area contributed by atoms with Gasteiger partial charge in [0.05, 0.1) is 18.8 Å². The van der Waals surface area contributed by atoms with Crippen molar-refractivity contribution in [2.45, 2.75) is 38.8 Å². The van der Waals surface area contributed by atoms with Crippen molar-refractivity contribution in [2.75, 3.05) is 13.1 Å². The fourth-order valence-electron chi connectivity index (χ4n) is 5.06. The van der Waals surface area contributed by atoms with Crippen molar-refractivity contribution < 1.29 is 9.69 Å². The predicted molar refractivity (Wildman–Crippen MR) is 112 cm³/mol. The summed E-state index contributed by atoms with van der Waals surface area (Å²) in [6, 6.07) is 15.1. The van der Waals surface area contributed by atoms with E-state index < -0.39 is 0 Å². The zero-order valence-electron chi connectivity index (χ0n) is 15.6. The topological polar surface area (TPSA) is 26.4 Å². The lowest BCUT2D eigenvalue weighted by atomic mass is 9.89. The molecule has 0 saturated carbocycles. The fourth-order valence-corrected chi connectivity index (χ4v) is 5.33. The van der Waals surface area contributed by atoms with E-state index in [0.717, 1.165) is 23.1 Å². The summed E-state index contributed by atoms with van der Waals surface area (Å²) in [7, 11) is 0. The zero-order chi connectivity index (χ0) is 18.5. The first-order valence-electron chi connectivity index (χ1n) is 9.87. The van der Waals surface area contributed by atoms with Crippen molar-refractivity contribution in [1.82, 2.24) is 4.57 Å². The Bertz CT molecular complexity index is 1030. The van der Waals surface area contributed by atoms with Gasteiger partial charge in [0.1, 0.15) is 12.6 Å². The zero-order valence-corrected chi connectivity index (χ0v) is 17.2. The Kier molecular flexibility index (Phi) is 4.21. The number of nitrogens with one attached hydrogen (secondary N) is 1. The molecule has 3 nitrogen and oxygen atoms in total. The molecular weight excluding hydrogens is 400 g/mol. The third-order valence-corrected chi connectivity index (χ3v) is 6.85. The molecule has 1 unspecified atom stereocenters. The number of aromatic nitrogens is 1. The molecule has 0 radical (unpaired) electrons. The SMILES string of the molecule is Cc1ccc2c(c1)c1c3n2CC[NH+](CC(=O)c2ccc(Br)cc2)[C@H]3CCC1. The van der Waals surface area contributed by atoms with Crippen LogP contribution in [-0.4, -0.2) is 23.4 Å². The molecule has 0 amide bonds. The third kappa shape index (κ3) is 2.86. The van der Waals surface area contributed by atoms with Gasteiger partial charge in [-0.15, -0.1) is 0 Å². The highest BCUT2D eigenvalue weighted by Crippen LogP contribution is 2.37. The van der Waals surface area contributed by atoms with Crippen molar-refractivity contribution in [3.63, 3.8) is 0 Å². The summed E-state index contributed by atoms with van der Waals surface area (Å²) in [5.74, 6) is 0.255. The van der Waals surface area contributed by atoms with Crippen LogP contribution < -0.4 is 4.90 Å². The summed E-state index contributed by atoms with van der Waals surface area (Å²) < 4.78 is 3.56. The molecule has 3 aromatic rings. The summed E-state index contributed by atoms with van der Waals surface area (Å²) in [5, 5.41) is 1.44. The molecule has 4 heteroatoms. The highest BCUT2D eigenvalue weighted by molar-refractivity contribution is 9.10. The minimum atomic E-state index is 0.255. The highest BCUT2D eigenvalue weighted by atomic mass is 79.9. The maximum atomic E-state index is 12.9. The number of quaternary nitrogens is 1. The van der Waals surface area contributed by atoms with Gasteiger partial charge in [0.15, 0.2) is 0 Å². The van der Waals surface area contributed by atoms with Gasteiger partial charge in [-0.25, -0.2) is 0 Å². The Balaban J connectivity index is 1.49. The smallest absolute Gasteiger partial charge is 0.216 e. The quantitative estimate of drug-likeness (QED) is 0.635. The number of hydrogen-bond acceptors (Lipinski definition) is 1. The van der Waals surface area contributed by atoms with Gasteiger partial charge in [0.2, 0.25) is 5.78 Å². The van der Waals surface area contributed by atoms with Crippen molar-refractivity contribution in [2.24, 2.45) is 0 Å². The lowest BCUT2D eigenvalue weighted by Crippen LogP contribution is -3.14. The van der Waals surface area contributed by atoms with Crippen LogP contribution in [-0.2, 0) is 13.0 Å². The molecule has 2 heterocycles. The molecule has 1 aromatic heterocycles. The van der Waals surface area contributed by atoms with E-state index in [1.807, 2.05) is 24.3 Å². The maximum absolute atomic E-state index is 12.9. The number of benzene rings is 2. The molecule has 0 saturated heterocycles. The summed E-state index contributed by atoms with van der Waals surface area (Å²) in [5.41, 5.74) is 6.59. The van der Waals surface area contributed by atoms with Crippen LogP contribution in [0.4, 0.5) is 0 Å². The maximum Gasteiger partial charge on any atom is 0.216 e. The van der Waals surface area contributed by atoms with Gasteiger partial charge < -0.3 is 9.47 Å². The highest BCUT2D eigenvalue weighted by Gasteiger charge is 2.38. The number of fused-ring (bicyclic) bond motifs is 3. The van der Waals surface area contributed by atoms with Gasteiger partial charge in [0.25, 0.3) is 0 Å². The average Bonchev–Trinajstić information content (AvgIpc) is 2.99. The second kappa shape index (κ2) is 6.61. The Hall–Kier alpha value is -1.91. The lowest BCUT2D eigenvalue weighted by Gasteiger charge is -2.36. The minimum absolute atomic E-state index is 0.255. The molecule has 2 aliphatic rings. The van der Waals surface area contributed by atoms with Gasteiger partial charge in [-0.05, 0) is 49.6 Å². The van der Waals surface area contributed by atoms with Crippen LogP contribution in [0.2, 0.25) is 0 Å². The number of carbonyl (C=O) groups is 1. The Morgan fingerprint density at radius 2 is 2.04 bits per heavy atom. The number of aryl methyl sites for hydroxylation is 2. The molecule has 5 rings (SSSR count). The largest absolute Gasteiger partial charge is 0.334 e. The first kappa shape index (κ1) is 17.2. The molecular formula is C23H24BrN2O+. The first-order valence-corrected chi connectivity index (χ1v) is 10.7. The number of rotatable bonds is 3. The fraction of sp³-hybridized carbons (Fsp3) is 0.348. The van der Waals surface area contributed by atoms with E-state index >= 15 is 0 Å². The van der Waals surface area contributed by atoms with Crippen LogP contribution >= 0.6 is 15.9 Å². The van der Waals surface area contributed by atoms with Crippen LogP contribution in [0.5, 0.6) is 0 Å². The van der Waals surface area contributed by atoms with E-state index in [1.54, 1.807) is 5.56 Å². The minimum Gasteiger partial charge on any atom is -0.334 e. The van der Waals surface area contributed by atoms with Crippen LogP contribution in [0, 0.1) is 6.92 Å². The van der Waals surface area contributed by atoms with Crippen molar-refractivity contribution >= 4 is 32.6 Å². The molecule has 27 heavy (non-hydrogen) atoms. The van der Waals surface area contributed by atoms with Gasteiger partial charge in [-0.1, -0.05) is 39.7 Å². The second-order valence-corrected chi connectivity index (χ2v) is 8.91. The number of nitrogens with zero attached hydrogens (tertiary/aromatic N) is 1. The summed E-state index contributed by atoms with van der Waals surface area (Å²) >= 11 is 3.45. The summed E-state index contributed by atoms with van der Waals surface area (Å²) in [4.78, 5) is 14.3. The van der Waals surface area contributed by atoms with E-state index in [2.05, 4.69) is 45.6 Å². The van der Waals surface area contributed by atoms with E-state index in [-0.39, 0.29) is 5.78 Å². The predicted octanol–water partition coefficient (Wildman–Crippen LogP) is 3.87. The molecule has 1 aliphatic heterocycles. The number of ketones is 1. The number of carbonyl (C=O) groups excluding carboxylic acids is 1. The van der Waals surface area contributed by atoms with E-state index in [9.17, 15) is 4.79 Å². The Morgan fingerprint density at radius 1 is 1.22 bits per heavy atom. The van der Waals surface area contributed by atoms with E-state index in [1.165, 1.54) is 46.3 Å². The molecule has 138 valence electrons. The van der Waals surface area contributed by atoms with Crippen LogP contribution in [0.25, 0.3) is 10.9 Å². The normalized spacial score (nSPS) is 21.3. The van der Waals surface area contributed by atoms with Crippen molar-refractivity contribution in [3.8, 4) is 0 Å². The van der Waals surface area contributed by atoms with Gasteiger partial charge in [-0.3, -0.25) is 4.79 Å². The molecule has 2 atom stereocenters. The first-order chi connectivity index (χ1) is 13.1. The molecule has 0 fully saturated rings. The monoisotopic (exact) mass is 423 g/mol. The summed E-state index contributed by atoms with van der Waals surface area (Å²) in [6.07, 6.45) is 3.58. The number of halogens is 1. The average molecular weight is 424 g/mol. The lowest BCUT2D eigenvalue weighted by molar-refractivity contribution is -0.928. The molecule has 0 bridgehead atoms. The van der Waals surface area contributed by atoms with Gasteiger partial charge >= 0.3 is 0 Å². The van der Waals surface area contributed by atoms with Crippen molar-refractivity contribution in [3.05, 3.63) is 69.3 Å². The van der Waals surface area contributed by atoms with Gasteiger partial charge in [0, 0.05) is 27.4 Å². The van der Waals surface area contributed by atoms with E-state index in [0.29, 0.717) is 12.6 Å². The Labute approximate surface area is 168 Å². The molecule has 2 aromatic carbocycles. The van der Waals surface area contributed by atoms with Crippen LogP contribution in [0.1, 0.15) is 46.1 Å². The second-order valence-electron chi connectivity index (χ2n) is 8.00. The number of Topliss-reactive ketones (excluding diaryl/α,β-unsaturated/α-hetero) is 1. The van der Waals surface area contributed by atoms with Crippen LogP contribution in [0.3, 0.4) is 0 Å². The van der Waals surface area contributed by atoms with E-state index in [4.69, 9.17) is 0 Å². The van der Waals surface area contributed by atoms with Crippen LogP contribution in [0.15, 0.2) is 46.9 Å². The van der Waals surface area contributed by atoms with Gasteiger partial charge in [-0.2, -0.15) is 0 Å². The number of hydrogen-bond donors (Lipinski definition) is 1. The third-order valence-electron chi connectivity index (χ3n) is 6.32. The standard InChI is InChI=1S/C23H23BrN2O/c1-15-5-10-20-19(13-15)18-3-2-4-21-23(18)26(20)12-11-25(21)14-22(27)16-6-8-17(24)9-7-16/h5-10,13,21H,2-4,11-12,14H2,1H3/p+1/t21-/m0/s1. The molecule has 1 N–H and O–H groups in total.